The third-order valence-electron chi connectivity index (χ3n) is 3.18. The molecule has 0 heterocycles. The Kier molecular flexibility index (Phi) is 2.98. The topological polar surface area (TPSA) is 12.0 Å². The summed E-state index contributed by atoms with van der Waals surface area (Å²) in [5.41, 5.74) is 0.902. The van der Waals surface area contributed by atoms with Gasteiger partial charge in [-0.3, -0.25) is 0 Å². The third kappa shape index (κ3) is 2.50. The highest BCUT2D eigenvalue weighted by Gasteiger charge is 2.30. The van der Waals surface area contributed by atoms with E-state index in [1.54, 1.807) is 12.1 Å². The van der Waals surface area contributed by atoms with Gasteiger partial charge >= 0.3 is 0 Å². The Morgan fingerprint density at radius 1 is 1.47 bits per heavy atom. The molecule has 15 heavy (non-hydrogen) atoms. The Bertz CT molecular complexity index is 361. The van der Waals surface area contributed by atoms with Crippen LogP contribution in [0.4, 0.5) is 4.39 Å². The van der Waals surface area contributed by atoms with E-state index in [-0.39, 0.29) is 11.4 Å². The summed E-state index contributed by atoms with van der Waals surface area (Å²) >= 11 is 5.69. The van der Waals surface area contributed by atoms with Crippen molar-refractivity contribution in [1.82, 2.24) is 5.32 Å². The zero-order valence-electron chi connectivity index (χ0n) is 8.82. The Morgan fingerprint density at radius 3 is 2.73 bits per heavy atom. The van der Waals surface area contributed by atoms with Crippen LogP contribution in [0.5, 0.6) is 0 Å². The lowest BCUT2D eigenvalue weighted by molar-refractivity contribution is 0.206. The Labute approximate surface area is 94.6 Å². The highest BCUT2D eigenvalue weighted by molar-refractivity contribution is 6.30. The van der Waals surface area contributed by atoms with Gasteiger partial charge in [0.05, 0.1) is 0 Å². The summed E-state index contributed by atoms with van der Waals surface area (Å²) in [5, 5.41) is 3.84. The molecule has 0 aromatic heterocycles. The Balaban J connectivity index is 1.98. The maximum atomic E-state index is 13.4. The number of halogens is 2. The van der Waals surface area contributed by atoms with Crippen molar-refractivity contribution in [2.24, 2.45) is 0 Å². The van der Waals surface area contributed by atoms with E-state index in [1.807, 2.05) is 0 Å². The smallest absolute Gasteiger partial charge is 0.129 e. The fourth-order valence-corrected chi connectivity index (χ4v) is 2.02. The maximum absolute atomic E-state index is 13.4. The molecule has 82 valence electrons. The minimum atomic E-state index is -0.224. The van der Waals surface area contributed by atoms with E-state index in [1.165, 1.54) is 25.3 Å². The van der Waals surface area contributed by atoms with Crippen LogP contribution in [-0.2, 0) is 6.54 Å². The van der Waals surface area contributed by atoms with Gasteiger partial charge in [-0.15, -0.1) is 0 Å². The van der Waals surface area contributed by atoms with E-state index in [4.69, 9.17) is 11.6 Å². The summed E-state index contributed by atoms with van der Waals surface area (Å²) in [6.07, 6.45) is 3.64. The molecule has 0 radical (unpaired) electrons. The SMILES string of the molecule is CC1(NCc2ccc(Cl)cc2F)CCC1. The van der Waals surface area contributed by atoms with Crippen molar-refractivity contribution in [3.8, 4) is 0 Å². The molecular weight excluding hydrogens is 213 g/mol. The second-order valence-corrected chi connectivity index (χ2v) is 4.94. The largest absolute Gasteiger partial charge is 0.307 e. The quantitative estimate of drug-likeness (QED) is 0.833. The van der Waals surface area contributed by atoms with E-state index in [0.29, 0.717) is 17.1 Å². The summed E-state index contributed by atoms with van der Waals surface area (Å²) in [4.78, 5) is 0. The van der Waals surface area contributed by atoms with Crippen LogP contribution in [0.1, 0.15) is 31.7 Å². The average Bonchev–Trinajstić information content (AvgIpc) is 2.14. The second kappa shape index (κ2) is 4.11. The second-order valence-electron chi connectivity index (χ2n) is 4.50. The highest BCUT2D eigenvalue weighted by atomic mass is 35.5. The molecule has 0 bridgehead atoms. The molecule has 0 saturated heterocycles. The first-order chi connectivity index (χ1) is 7.09. The van der Waals surface area contributed by atoms with E-state index in [9.17, 15) is 4.39 Å². The number of hydrogen-bond acceptors (Lipinski definition) is 1. The number of nitrogens with one attached hydrogen (secondary N) is 1. The van der Waals surface area contributed by atoms with Crippen LogP contribution in [-0.4, -0.2) is 5.54 Å². The maximum Gasteiger partial charge on any atom is 0.129 e. The van der Waals surface area contributed by atoms with Crippen molar-refractivity contribution in [2.75, 3.05) is 0 Å². The zero-order chi connectivity index (χ0) is 10.9. The summed E-state index contributed by atoms with van der Waals surface area (Å²) in [6, 6.07) is 4.83. The number of rotatable bonds is 3. The van der Waals surface area contributed by atoms with Crippen LogP contribution in [0.25, 0.3) is 0 Å². The first kappa shape index (κ1) is 10.9. The molecule has 0 unspecified atom stereocenters. The van der Waals surface area contributed by atoms with Gasteiger partial charge in [-0.05, 0) is 38.3 Å². The van der Waals surface area contributed by atoms with Gasteiger partial charge in [-0.1, -0.05) is 17.7 Å². The third-order valence-corrected chi connectivity index (χ3v) is 3.41. The molecule has 1 nitrogen and oxygen atoms in total. The fraction of sp³-hybridized carbons (Fsp3) is 0.500. The van der Waals surface area contributed by atoms with Crippen LogP contribution in [0, 0.1) is 5.82 Å². The molecule has 1 fully saturated rings. The van der Waals surface area contributed by atoms with Crippen molar-refractivity contribution < 1.29 is 4.39 Å². The number of hydrogen-bond donors (Lipinski definition) is 1. The monoisotopic (exact) mass is 227 g/mol. The normalized spacial score (nSPS) is 18.6. The van der Waals surface area contributed by atoms with E-state index in [0.717, 1.165) is 0 Å². The van der Waals surface area contributed by atoms with Crippen LogP contribution in [0.2, 0.25) is 5.02 Å². The van der Waals surface area contributed by atoms with Crippen LogP contribution >= 0.6 is 11.6 Å². The fourth-order valence-electron chi connectivity index (χ4n) is 1.86. The molecule has 0 spiro atoms. The van der Waals surface area contributed by atoms with Gasteiger partial charge < -0.3 is 5.32 Å². The van der Waals surface area contributed by atoms with Crippen molar-refractivity contribution in [3.05, 3.63) is 34.6 Å². The van der Waals surface area contributed by atoms with Gasteiger partial charge in [0.1, 0.15) is 5.82 Å². The first-order valence-corrected chi connectivity index (χ1v) is 5.66. The highest BCUT2D eigenvalue weighted by Crippen LogP contribution is 2.31. The summed E-state index contributed by atoms with van der Waals surface area (Å²) in [5.74, 6) is -0.224. The van der Waals surface area contributed by atoms with Gasteiger partial charge in [0.15, 0.2) is 0 Å². The van der Waals surface area contributed by atoms with E-state index in [2.05, 4.69) is 12.2 Å². The molecule has 0 aliphatic heterocycles. The molecule has 1 aromatic rings. The van der Waals surface area contributed by atoms with Gasteiger partial charge in [-0.25, -0.2) is 4.39 Å². The lowest BCUT2D eigenvalue weighted by Crippen LogP contribution is -2.47. The summed E-state index contributed by atoms with van der Waals surface area (Å²) in [7, 11) is 0. The van der Waals surface area contributed by atoms with Gasteiger partial charge in [0, 0.05) is 22.7 Å². The van der Waals surface area contributed by atoms with Gasteiger partial charge in [0.25, 0.3) is 0 Å². The van der Waals surface area contributed by atoms with Crippen molar-refractivity contribution in [1.29, 1.82) is 0 Å². The summed E-state index contributed by atoms with van der Waals surface area (Å²) in [6.45, 7) is 2.77. The number of benzene rings is 1. The molecule has 1 aliphatic rings. The average molecular weight is 228 g/mol. The Morgan fingerprint density at radius 2 is 2.20 bits per heavy atom. The minimum absolute atomic E-state index is 0.214. The van der Waals surface area contributed by atoms with Crippen molar-refractivity contribution in [2.45, 2.75) is 38.3 Å². The van der Waals surface area contributed by atoms with Crippen molar-refractivity contribution in [3.63, 3.8) is 0 Å². The van der Waals surface area contributed by atoms with Crippen LogP contribution in [0.3, 0.4) is 0 Å². The molecule has 1 aliphatic carbocycles. The molecule has 0 amide bonds. The zero-order valence-corrected chi connectivity index (χ0v) is 9.57. The lowest BCUT2D eigenvalue weighted by Gasteiger charge is -2.39. The summed E-state index contributed by atoms with van der Waals surface area (Å²) < 4.78 is 13.4. The minimum Gasteiger partial charge on any atom is -0.307 e. The van der Waals surface area contributed by atoms with Crippen molar-refractivity contribution >= 4 is 11.6 Å². The first-order valence-electron chi connectivity index (χ1n) is 5.28. The Hall–Kier alpha value is -0.600. The van der Waals surface area contributed by atoms with Gasteiger partial charge in [0.2, 0.25) is 0 Å². The lowest BCUT2D eigenvalue weighted by atomic mass is 9.78. The van der Waals surface area contributed by atoms with Crippen LogP contribution in [0.15, 0.2) is 18.2 Å². The predicted molar refractivity (Wildman–Crippen MR) is 60.5 cm³/mol. The standard InChI is InChI=1S/C12H15ClFN/c1-12(5-2-6-12)15-8-9-3-4-10(13)7-11(9)14/h3-4,7,15H,2,5-6,8H2,1H3. The van der Waals surface area contributed by atoms with E-state index >= 15 is 0 Å². The molecule has 3 heteroatoms. The molecule has 1 N–H and O–H groups in total. The van der Waals surface area contributed by atoms with Crippen LogP contribution < -0.4 is 5.32 Å². The molecule has 1 saturated carbocycles. The van der Waals surface area contributed by atoms with Gasteiger partial charge in [-0.2, -0.15) is 0 Å². The molecule has 0 atom stereocenters. The molecule has 1 aromatic carbocycles. The predicted octanol–water partition coefficient (Wildman–Crippen LogP) is 3.51. The van der Waals surface area contributed by atoms with E-state index < -0.39 is 0 Å². The molecule has 2 rings (SSSR count). The molecular formula is C12H15ClFN.